The molecule has 4 rings (SSSR count). The number of thiazole rings is 1. The van der Waals surface area contributed by atoms with Crippen LogP contribution in [0.25, 0.3) is 10.2 Å². The number of carbonyl (C=O) groups excluding carboxylic acids is 1. The van der Waals surface area contributed by atoms with Crippen molar-refractivity contribution in [2.24, 2.45) is 0 Å². The quantitative estimate of drug-likeness (QED) is 0.560. The fourth-order valence-corrected chi connectivity index (χ4v) is 4.90. The molecule has 1 aromatic heterocycles. The predicted octanol–water partition coefficient (Wildman–Crippen LogP) is 5.46. The van der Waals surface area contributed by atoms with Crippen LogP contribution in [0.4, 0.5) is 0 Å². The number of likely N-dealkylation sites (tertiary alicyclic amines) is 1. The molecule has 6 heteroatoms. The van der Waals surface area contributed by atoms with Crippen molar-refractivity contribution in [3.8, 4) is 11.5 Å². The van der Waals surface area contributed by atoms with Crippen molar-refractivity contribution < 1.29 is 14.3 Å². The van der Waals surface area contributed by atoms with E-state index in [9.17, 15) is 4.79 Å². The van der Waals surface area contributed by atoms with Crippen LogP contribution in [0, 0.1) is 0 Å². The van der Waals surface area contributed by atoms with E-state index in [-0.39, 0.29) is 18.1 Å². The number of methoxy groups -OCH3 is 1. The minimum Gasteiger partial charge on any atom is -0.493 e. The van der Waals surface area contributed by atoms with Crippen LogP contribution in [0.5, 0.6) is 11.5 Å². The van der Waals surface area contributed by atoms with E-state index in [0.29, 0.717) is 17.1 Å². The molecule has 3 aromatic rings. The van der Waals surface area contributed by atoms with Crippen LogP contribution in [-0.4, -0.2) is 35.5 Å². The fourth-order valence-electron chi connectivity index (χ4n) is 3.78. The molecule has 152 valence electrons. The molecule has 1 aliphatic rings. The number of rotatable bonds is 5. The van der Waals surface area contributed by atoms with Crippen molar-refractivity contribution in [1.29, 1.82) is 0 Å². The fraction of sp³-hybridized carbons (Fsp3) is 0.391. The number of piperidine rings is 1. The van der Waals surface area contributed by atoms with Gasteiger partial charge in [0.05, 0.1) is 29.5 Å². The Bertz CT molecular complexity index is 981. The zero-order chi connectivity index (χ0) is 20.4. The molecule has 1 atom stereocenters. The van der Waals surface area contributed by atoms with Gasteiger partial charge in [0, 0.05) is 12.1 Å². The zero-order valence-electron chi connectivity index (χ0n) is 17.1. The summed E-state index contributed by atoms with van der Waals surface area (Å²) in [6, 6.07) is 13.6. The maximum Gasteiger partial charge on any atom is 0.254 e. The van der Waals surface area contributed by atoms with Gasteiger partial charge in [-0.05, 0) is 63.4 Å². The van der Waals surface area contributed by atoms with Crippen LogP contribution in [0.1, 0.15) is 54.5 Å². The summed E-state index contributed by atoms with van der Waals surface area (Å²) in [5.74, 6) is 1.25. The van der Waals surface area contributed by atoms with Gasteiger partial charge < -0.3 is 14.4 Å². The van der Waals surface area contributed by atoms with Crippen LogP contribution in [0.15, 0.2) is 42.5 Å². The lowest BCUT2D eigenvalue weighted by Gasteiger charge is -2.34. The molecule has 1 fully saturated rings. The highest BCUT2D eigenvalue weighted by Gasteiger charge is 2.31. The molecular weight excluding hydrogens is 384 g/mol. The van der Waals surface area contributed by atoms with Gasteiger partial charge in [0.15, 0.2) is 11.5 Å². The minimum absolute atomic E-state index is 0.0170. The summed E-state index contributed by atoms with van der Waals surface area (Å²) in [5.41, 5.74) is 1.62. The number of amides is 1. The monoisotopic (exact) mass is 410 g/mol. The van der Waals surface area contributed by atoms with Gasteiger partial charge in [-0.3, -0.25) is 4.79 Å². The number of hydrogen-bond acceptors (Lipinski definition) is 5. The molecule has 0 radical (unpaired) electrons. The Morgan fingerprint density at radius 3 is 2.76 bits per heavy atom. The molecule has 2 heterocycles. The van der Waals surface area contributed by atoms with E-state index in [1.165, 1.54) is 0 Å². The second-order valence-corrected chi connectivity index (χ2v) is 8.62. The van der Waals surface area contributed by atoms with Gasteiger partial charge >= 0.3 is 0 Å². The van der Waals surface area contributed by atoms with Crippen molar-refractivity contribution in [2.45, 2.75) is 45.3 Å². The molecule has 1 unspecified atom stereocenters. The van der Waals surface area contributed by atoms with E-state index in [4.69, 9.17) is 14.5 Å². The van der Waals surface area contributed by atoms with Crippen LogP contribution in [0.2, 0.25) is 0 Å². The number of hydrogen-bond donors (Lipinski definition) is 0. The van der Waals surface area contributed by atoms with Gasteiger partial charge in [0.1, 0.15) is 5.01 Å². The molecule has 1 aliphatic heterocycles. The molecular formula is C23H26N2O3S. The first-order valence-electron chi connectivity index (χ1n) is 10.1. The molecule has 1 saturated heterocycles. The van der Waals surface area contributed by atoms with Gasteiger partial charge in [-0.25, -0.2) is 4.98 Å². The van der Waals surface area contributed by atoms with Crippen LogP contribution >= 0.6 is 11.3 Å². The molecule has 0 saturated carbocycles. The lowest BCUT2D eigenvalue weighted by atomic mass is 10.0. The van der Waals surface area contributed by atoms with Crippen LogP contribution in [-0.2, 0) is 0 Å². The van der Waals surface area contributed by atoms with Crippen LogP contribution in [0.3, 0.4) is 0 Å². The Morgan fingerprint density at radius 1 is 1.17 bits per heavy atom. The van der Waals surface area contributed by atoms with Crippen molar-refractivity contribution >= 4 is 27.5 Å². The Morgan fingerprint density at radius 2 is 2.00 bits per heavy atom. The highest BCUT2D eigenvalue weighted by molar-refractivity contribution is 7.18. The SMILES string of the molecule is COc1cc(C(=O)N2CCCCC2c2nc3ccccc3s2)ccc1OC(C)C. The van der Waals surface area contributed by atoms with E-state index in [2.05, 4.69) is 6.07 Å². The summed E-state index contributed by atoms with van der Waals surface area (Å²) >= 11 is 1.69. The van der Waals surface area contributed by atoms with Gasteiger partial charge in [-0.1, -0.05) is 12.1 Å². The van der Waals surface area contributed by atoms with Gasteiger partial charge in [-0.2, -0.15) is 0 Å². The summed E-state index contributed by atoms with van der Waals surface area (Å²) in [5, 5.41) is 1.02. The van der Waals surface area contributed by atoms with Crippen molar-refractivity contribution in [1.82, 2.24) is 9.88 Å². The smallest absolute Gasteiger partial charge is 0.254 e. The molecule has 0 bridgehead atoms. The summed E-state index contributed by atoms with van der Waals surface area (Å²) in [4.78, 5) is 20.2. The molecule has 5 nitrogen and oxygen atoms in total. The minimum atomic E-state index is 0.0170. The third-order valence-electron chi connectivity index (χ3n) is 5.13. The van der Waals surface area contributed by atoms with Crippen molar-refractivity contribution in [3.05, 3.63) is 53.0 Å². The second kappa shape index (κ2) is 8.41. The molecule has 0 aliphatic carbocycles. The highest BCUT2D eigenvalue weighted by atomic mass is 32.1. The van der Waals surface area contributed by atoms with Gasteiger partial charge in [0.2, 0.25) is 0 Å². The number of nitrogens with zero attached hydrogens (tertiary/aromatic N) is 2. The average Bonchev–Trinajstić information content (AvgIpc) is 3.17. The highest BCUT2D eigenvalue weighted by Crippen LogP contribution is 2.37. The Hall–Kier alpha value is -2.60. The predicted molar refractivity (Wildman–Crippen MR) is 116 cm³/mol. The van der Waals surface area contributed by atoms with Gasteiger partial charge in [0.25, 0.3) is 5.91 Å². The third-order valence-corrected chi connectivity index (χ3v) is 6.27. The molecule has 29 heavy (non-hydrogen) atoms. The van der Waals surface area contributed by atoms with Crippen LogP contribution < -0.4 is 9.47 Å². The molecule has 1 amide bonds. The standard InChI is InChI=1S/C23H26N2O3S/c1-15(2)28-19-12-11-16(14-20(19)27-3)23(26)25-13-7-6-9-18(25)22-24-17-8-4-5-10-21(17)29-22/h4-5,8,10-12,14-15,18H,6-7,9,13H2,1-3H3. The number of fused-ring (bicyclic) bond motifs is 1. The van der Waals surface area contributed by atoms with Crippen molar-refractivity contribution in [2.75, 3.05) is 13.7 Å². The summed E-state index contributed by atoms with van der Waals surface area (Å²) in [6.07, 6.45) is 3.10. The maximum atomic E-state index is 13.4. The topological polar surface area (TPSA) is 51.7 Å². The van der Waals surface area contributed by atoms with E-state index < -0.39 is 0 Å². The second-order valence-electron chi connectivity index (χ2n) is 7.56. The maximum absolute atomic E-state index is 13.4. The Kier molecular flexibility index (Phi) is 5.72. The molecule has 2 aromatic carbocycles. The number of ether oxygens (including phenoxy) is 2. The molecule has 0 spiro atoms. The zero-order valence-corrected chi connectivity index (χ0v) is 17.9. The summed E-state index contributed by atoms with van der Waals surface area (Å²) in [6.45, 7) is 4.68. The average molecular weight is 411 g/mol. The van der Waals surface area contributed by atoms with E-state index in [1.54, 1.807) is 24.5 Å². The lowest BCUT2D eigenvalue weighted by Crippen LogP contribution is -2.38. The number of carbonyl (C=O) groups is 1. The summed E-state index contributed by atoms with van der Waals surface area (Å²) in [7, 11) is 1.60. The molecule has 0 N–H and O–H groups in total. The van der Waals surface area contributed by atoms with E-state index >= 15 is 0 Å². The number of para-hydroxylation sites is 1. The van der Waals surface area contributed by atoms with E-state index in [1.807, 2.05) is 49.1 Å². The first kappa shape index (κ1) is 19.7. The lowest BCUT2D eigenvalue weighted by molar-refractivity contribution is 0.0611. The Labute approximate surface area is 175 Å². The Balaban J connectivity index is 1.63. The normalized spacial score (nSPS) is 17.0. The van der Waals surface area contributed by atoms with Crippen molar-refractivity contribution in [3.63, 3.8) is 0 Å². The summed E-state index contributed by atoms with van der Waals surface area (Å²) < 4.78 is 12.4. The first-order valence-corrected chi connectivity index (χ1v) is 10.9. The third kappa shape index (κ3) is 4.08. The largest absolute Gasteiger partial charge is 0.493 e. The number of aromatic nitrogens is 1. The number of benzene rings is 2. The van der Waals surface area contributed by atoms with E-state index in [0.717, 1.165) is 41.0 Å². The first-order chi connectivity index (χ1) is 14.1. The van der Waals surface area contributed by atoms with Gasteiger partial charge in [-0.15, -0.1) is 11.3 Å².